The summed E-state index contributed by atoms with van der Waals surface area (Å²) < 4.78 is 12.8. The number of thioether (sulfide) groups is 1. The van der Waals surface area contributed by atoms with Gasteiger partial charge < -0.3 is 10.6 Å². The van der Waals surface area contributed by atoms with Crippen molar-refractivity contribution in [1.82, 2.24) is 0 Å². The van der Waals surface area contributed by atoms with E-state index >= 15 is 0 Å². The van der Waals surface area contributed by atoms with Crippen molar-refractivity contribution in [2.75, 3.05) is 16.4 Å². The third-order valence-electron chi connectivity index (χ3n) is 3.09. The maximum Gasteiger partial charge on any atom is 0.234 e. The van der Waals surface area contributed by atoms with Gasteiger partial charge in [-0.25, -0.2) is 4.39 Å². The van der Waals surface area contributed by atoms with Crippen molar-refractivity contribution < 1.29 is 14.0 Å². The normalized spacial score (nSPS) is 10.2. The zero-order valence-electron chi connectivity index (χ0n) is 13.3. The first-order chi connectivity index (χ1) is 11.6. The van der Waals surface area contributed by atoms with Crippen LogP contribution in [0.2, 0.25) is 0 Å². The molecular weight excluding hydrogens is 327 g/mol. The van der Waals surface area contributed by atoms with E-state index in [1.807, 2.05) is 31.2 Å². The summed E-state index contributed by atoms with van der Waals surface area (Å²) >= 11 is 1.37. The Labute approximate surface area is 144 Å². The van der Waals surface area contributed by atoms with E-state index in [-0.39, 0.29) is 23.4 Å². The zero-order chi connectivity index (χ0) is 17.4. The van der Waals surface area contributed by atoms with Crippen LogP contribution >= 0.6 is 11.8 Å². The van der Waals surface area contributed by atoms with Crippen LogP contribution < -0.4 is 10.6 Å². The summed E-state index contributed by atoms with van der Waals surface area (Å²) in [6.07, 6.45) is 1.28. The van der Waals surface area contributed by atoms with E-state index in [2.05, 4.69) is 10.6 Å². The van der Waals surface area contributed by atoms with E-state index < -0.39 is 0 Å². The average Bonchev–Trinajstić information content (AvgIpc) is 2.56. The Morgan fingerprint density at radius 3 is 2.42 bits per heavy atom. The third kappa shape index (κ3) is 6.04. The second kappa shape index (κ2) is 9.08. The van der Waals surface area contributed by atoms with Crippen LogP contribution in [0.4, 0.5) is 15.8 Å². The average molecular weight is 346 g/mol. The standard InChI is InChI=1S/C18H19FN2O2S/c1-2-4-17(22)21-15-5-3-6-16(11-15)24-12-18(23)20-14-9-7-13(19)8-10-14/h3,5-11H,2,4,12H2,1H3,(H,20,23)(H,21,22). The minimum absolute atomic E-state index is 0.0197. The molecule has 4 nitrogen and oxygen atoms in total. The molecule has 2 N–H and O–H groups in total. The van der Waals surface area contributed by atoms with E-state index in [4.69, 9.17) is 0 Å². The molecule has 0 fully saturated rings. The van der Waals surface area contributed by atoms with Gasteiger partial charge in [0.25, 0.3) is 0 Å². The van der Waals surface area contributed by atoms with E-state index in [1.54, 1.807) is 0 Å². The van der Waals surface area contributed by atoms with Gasteiger partial charge in [-0.05, 0) is 48.9 Å². The van der Waals surface area contributed by atoms with Crippen LogP contribution in [0, 0.1) is 5.82 Å². The Kier molecular flexibility index (Phi) is 6.81. The van der Waals surface area contributed by atoms with Crippen molar-refractivity contribution in [3.8, 4) is 0 Å². The third-order valence-corrected chi connectivity index (χ3v) is 4.09. The molecule has 2 rings (SSSR count). The number of carbonyl (C=O) groups is 2. The number of amides is 2. The van der Waals surface area contributed by atoms with Gasteiger partial charge in [0.15, 0.2) is 0 Å². The number of anilines is 2. The predicted octanol–water partition coefficient (Wildman–Crippen LogP) is 4.30. The first-order valence-corrected chi connectivity index (χ1v) is 8.63. The smallest absolute Gasteiger partial charge is 0.234 e. The molecular formula is C18H19FN2O2S. The monoisotopic (exact) mass is 346 g/mol. The van der Waals surface area contributed by atoms with Crippen LogP contribution in [0.3, 0.4) is 0 Å². The highest BCUT2D eigenvalue weighted by molar-refractivity contribution is 8.00. The first kappa shape index (κ1) is 18.0. The van der Waals surface area contributed by atoms with Gasteiger partial charge in [0.1, 0.15) is 5.82 Å². The zero-order valence-corrected chi connectivity index (χ0v) is 14.2. The van der Waals surface area contributed by atoms with E-state index in [1.165, 1.54) is 36.0 Å². The quantitative estimate of drug-likeness (QED) is 0.735. The summed E-state index contributed by atoms with van der Waals surface area (Å²) in [6, 6.07) is 13.0. The number of benzene rings is 2. The number of carbonyl (C=O) groups excluding carboxylic acids is 2. The van der Waals surface area contributed by atoms with Crippen LogP contribution in [-0.4, -0.2) is 17.6 Å². The fourth-order valence-corrected chi connectivity index (χ4v) is 2.75. The van der Waals surface area contributed by atoms with Crippen LogP contribution in [0.25, 0.3) is 0 Å². The Morgan fingerprint density at radius 1 is 1.00 bits per heavy atom. The lowest BCUT2D eigenvalue weighted by Crippen LogP contribution is -2.14. The summed E-state index contributed by atoms with van der Waals surface area (Å²) in [5.74, 6) is -0.311. The van der Waals surface area contributed by atoms with Crippen LogP contribution in [0.5, 0.6) is 0 Å². The van der Waals surface area contributed by atoms with E-state index in [0.29, 0.717) is 12.1 Å². The lowest BCUT2D eigenvalue weighted by atomic mass is 10.3. The molecule has 0 atom stereocenters. The lowest BCUT2D eigenvalue weighted by molar-refractivity contribution is -0.116. The minimum Gasteiger partial charge on any atom is -0.326 e. The maximum absolute atomic E-state index is 12.8. The molecule has 2 amide bonds. The molecule has 0 aliphatic heterocycles. The van der Waals surface area contributed by atoms with Gasteiger partial charge in [-0.3, -0.25) is 9.59 Å². The van der Waals surface area contributed by atoms with Crippen LogP contribution in [0.15, 0.2) is 53.4 Å². The molecule has 0 aromatic heterocycles. The van der Waals surface area contributed by atoms with Crippen molar-refractivity contribution in [3.63, 3.8) is 0 Å². The minimum atomic E-state index is -0.343. The molecule has 0 saturated carbocycles. The van der Waals surface area contributed by atoms with Gasteiger partial charge in [-0.15, -0.1) is 11.8 Å². The molecule has 0 saturated heterocycles. The number of hydrogen-bond acceptors (Lipinski definition) is 3. The summed E-state index contributed by atoms with van der Waals surface area (Å²) in [5, 5.41) is 5.53. The molecule has 126 valence electrons. The predicted molar refractivity (Wildman–Crippen MR) is 95.7 cm³/mol. The number of nitrogens with one attached hydrogen (secondary N) is 2. The highest BCUT2D eigenvalue weighted by Gasteiger charge is 2.06. The SMILES string of the molecule is CCCC(=O)Nc1cccc(SCC(=O)Nc2ccc(F)cc2)c1. The topological polar surface area (TPSA) is 58.2 Å². The molecule has 0 aliphatic carbocycles. The summed E-state index contributed by atoms with van der Waals surface area (Å²) in [4.78, 5) is 24.4. The molecule has 0 unspecified atom stereocenters. The Bertz CT molecular complexity index is 704. The summed E-state index contributed by atoms with van der Waals surface area (Å²) in [5.41, 5.74) is 1.28. The van der Waals surface area contributed by atoms with Crippen molar-refractivity contribution in [3.05, 3.63) is 54.3 Å². The van der Waals surface area contributed by atoms with Crippen molar-refractivity contribution in [2.45, 2.75) is 24.7 Å². The van der Waals surface area contributed by atoms with Gasteiger partial charge in [0.2, 0.25) is 11.8 Å². The molecule has 2 aromatic carbocycles. The Morgan fingerprint density at radius 2 is 1.71 bits per heavy atom. The number of halogens is 1. The van der Waals surface area contributed by atoms with E-state index in [9.17, 15) is 14.0 Å². The van der Waals surface area contributed by atoms with Gasteiger partial charge in [0, 0.05) is 22.7 Å². The van der Waals surface area contributed by atoms with Gasteiger partial charge >= 0.3 is 0 Å². The van der Waals surface area contributed by atoms with Crippen LogP contribution in [0.1, 0.15) is 19.8 Å². The Hall–Kier alpha value is -2.34. The molecule has 0 heterocycles. The van der Waals surface area contributed by atoms with Crippen molar-refractivity contribution in [1.29, 1.82) is 0 Å². The fraction of sp³-hybridized carbons (Fsp3) is 0.222. The highest BCUT2D eigenvalue weighted by atomic mass is 32.2. The van der Waals surface area contributed by atoms with Crippen LogP contribution in [-0.2, 0) is 9.59 Å². The second-order valence-electron chi connectivity index (χ2n) is 5.17. The summed E-state index contributed by atoms with van der Waals surface area (Å²) in [6.45, 7) is 1.95. The van der Waals surface area contributed by atoms with E-state index in [0.717, 1.165) is 17.0 Å². The fourth-order valence-electron chi connectivity index (χ4n) is 1.99. The van der Waals surface area contributed by atoms with Gasteiger partial charge in [-0.1, -0.05) is 13.0 Å². The Balaban J connectivity index is 1.86. The number of rotatable bonds is 7. The summed E-state index contributed by atoms with van der Waals surface area (Å²) in [7, 11) is 0. The highest BCUT2D eigenvalue weighted by Crippen LogP contribution is 2.22. The molecule has 24 heavy (non-hydrogen) atoms. The van der Waals surface area contributed by atoms with Crippen molar-refractivity contribution in [2.24, 2.45) is 0 Å². The maximum atomic E-state index is 12.8. The van der Waals surface area contributed by atoms with Gasteiger partial charge in [-0.2, -0.15) is 0 Å². The molecule has 0 bridgehead atoms. The first-order valence-electron chi connectivity index (χ1n) is 7.65. The number of hydrogen-bond donors (Lipinski definition) is 2. The lowest BCUT2D eigenvalue weighted by Gasteiger charge is -2.08. The molecule has 2 aromatic rings. The molecule has 0 radical (unpaired) electrons. The van der Waals surface area contributed by atoms with Gasteiger partial charge in [0.05, 0.1) is 5.75 Å². The molecule has 0 aliphatic rings. The van der Waals surface area contributed by atoms with Crippen molar-refractivity contribution >= 4 is 35.0 Å². The second-order valence-corrected chi connectivity index (χ2v) is 6.22. The molecule has 0 spiro atoms. The molecule has 6 heteroatoms. The largest absolute Gasteiger partial charge is 0.326 e.